The highest BCUT2D eigenvalue weighted by Crippen LogP contribution is 2.21. The number of carbonyl (C=O) groups excluding carboxylic acids is 1. The van der Waals surface area contributed by atoms with Crippen molar-refractivity contribution in [2.45, 2.75) is 13.5 Å². The first kappa shape index (κ1) is 18.1. The Kier molecular flexibility index (Phi) is 4.57. The van der Waals surface area contributed by atoms with Crippen LogP contribution in [0.15, 0.2) is 65.6 Å². The molecule has 0 aliphatic heterocycles. The van der Waals surface area contributed by atoms with Crippen LogP contribution < -0.4 is 10.9 Å². The summed E-state index contributed by atoms with van der Waals surface area (Å²) < 4.78 is 5.10. The molecule has 0 fully saturated rings. The van der Waals surface area contributed by atoms with E-state index in [4.69, 9.17) is 11.6 Å². The molecule has 7 heteroatoms. The van der Waals surface area contributed by atoms with E-state index < -0.39 is 0 Å². The van der Waals surface area contributed by atoms with Crippen molar-refractivity contribution in [1.29, 1.82) is 0 Å². The quantitative estimate of drug-likeness (QED) is 0.573. The van der Waals surface area contributed by atoms with Gasteiger partial charge in [0.05, 0.1) is 11.4 Å². The average Bonchev–Trinajstić information content (AvgIpc) is 3.16. The zero-order valence-electron chi connectivity index (χ0n) is 15.5. The number of hydrogen-bond donors (Lipinski definition) is 1. The first-order valence-corrected chi connectivity index (χ1v) is 9.22. The van der Waals surface area contributed by atoms with Gasteiger partial charge in [-0.1, -0.05) is 29.8 Å². The van der Waals surface area contributed by atoms with Crippen LogP contribution in [0, 0.1) is 6.92 Å². The molecule has 2 heterocycles. The Morgan fingerprint density at radius 2 is 1.86 bits per heavy atom. The zero-order chi connectivity index (χ0) is 19.8. The molecule has 142 valence electrons. The van der Waals surface area contributed by atoms with Crippen molar-refractivity contribution in [2.24, 2.45) is 7.05 Å². The molecule has 4 rings (SSSR count). The van der Waals surface area contributed by atoms with E-state index in [-0.39, 0.29) is 23.7 Å². The fraction of sp³-hybridized carbons (Fsp3) is 0.143. The predicted octanol–water partition coefficient (Wildman–Crippen LogP) is 3.73. The molecule has 0 bridgehead atoms. The maximum atomic E-state index is 12.9. The smallest absolute Gasteiger partial charge is 0.295 e. The van der Waals surface area contributed by atoms with Gasteiger partial charge in [-0.15, -0.1) is 0 Å². The number of carbonyl (C=O) groups is 1. The van der Waals surface area contributed by atoms with Crippen LogP contribution in [0.3, 0.4) is 0 Å². The minimum Gasteiger partial charge on any atom is -0.338 e. The van der Waals surface area contributed by atoms with Crippen LogP contribution in [0.1, 0.15) is 5.69 Å². The van der Waals surface area contributed by atoms with Gasteiger partial charge in [0.15, 0.2) is 0 Å². The third kappa shape index (κ3) is 3.12. The monoisotopic (exact) mass is 394 g/mol. The number of amides is 1. The van der Waals surface area contributed by atoms with Crippen molar-refractivity contribution >= 4 is 34.1 Å². The Morgan fingerprint density at radius 1 is 1.11 bits per heavy atom. The zero-order valence-corrected chi connectivity index (χ0v) is 16.3. The number of halogens is 1. The maximum Gasteiger partial charge on any atom is 0.295 e. The molecular weight excluding hydrogens is 376 g/mol. The van der Waals surface area contributed by atoms with Gasteiger partial charge in [-0.05, 0) is 43.3 Å². The van der Waals surface area contributed by atoms with E-state index in [1.54, 1.807) is 17.8 Å². The number of benzene rings is 2. The Labute approximate surface area is 166 Å². The number of anilines is 1. The summed E-state index contributed by atoms with van der Waals surface area (Å²) in [6, 6.07) is 16.8. The number of aromatic nitrogens is 3. The molecule has 4 aromatic rings. The van der Waals surface area contributed by atoms with E-state index in [0.29, 0.717) is 10.7 Å². The molecule has 0 aliphatic carbocycles. The minimum absolute atomic E-state index is 0.101. The summed E-state index contributed by atoms with van der Waals surface area (Å²) in [5.41, 5.74) is 2.36. The summed E-state index contributed by atoms with van der Waals surface area (Å²) in [6.45, 7) is 1.91. The third-order valence-electron chi connectivity index (χ3n) is 4.87. The van der Waals surface area contributed by atoms with Crippen LogP contribution in [0.25, 0.3) is 16.6 Å². The van der Waals surface area contributed by atoms with Gasteiger partial charge in [0, 0.05) is 29.2 Å². The standard InChI is InChI=1S/C21H19ClN4O2/c1-14-20(21(28)26(24(14)2)17-6-4-3-5-7-17)23-19(27)13-25-11-10-15-12-16(22)8-9-18(15)25/h3-12H,13H2,1-2H3,(H,23,27). The number of nitrogens with zero attached hydrogens (tertiary/aromatic N) is 3. The van der Waals surface area contributed by atoms with Crippen molar-refractivity contribution in [2.75, 3.05) is 5.32 Å². The first-order chi connectivity index (χ1) is 13.5. The third-order valence-corrected chi connectivity index (χ3v) is 5.10. The van der Waals surface area contributed by atoms with Crippen molar-refractivity contribution < 1.29 is 4.79 Å². The van der Waals surface area contributed by atoms with Gasteiger partial charge in [0.2, 0.25) is 5.91 Å². The molecule has 0 saturated heterocycles. The molecule has 0 spiro atoms. The lowest BCUT2D eigenvalue weighted by molar-refractivity contribution is -0.116. The van der Waals surface area contributed by atoms with Crippen LogP contribution in [-0.2, 0) is 18.4 Å². The highest BCUT2D eigenvalue weighted by atomic mass is 35.5. The molecule has 6 nitrogen and oxygen atoms in total. The number of para-hydroxylation sites is 1. The fourth-order valence-corrected chi connectivity index (χ4v) is 3.54. The Bertz CT molecular complexity index is 1230. The number of fused-ring (bicyclic) bond motifs is 1. The maximum absolute atomic E-state index is 12.9. The molecule has 0 saturated carbocycles. The lowest BCUT2D eigenvalue weighted by Gasteiger charge is -2.07. The Morgan fingerprint density at radius 3 is 2.61 bits per heavy atom. The van der Waals surface area contributed by atoms with Gasteiger partial charge in [0.1, 0.15) is 12.2 Å². The normalized spacial score (nSPS) is 11.1. The van der Waals surface area contributed by atoms with Crippen molar-refractivity contribution in [1.82, 2.24) is 13.9 Å². The molecule has 28 heavy (non-hydrogen) atoms. The van der Waals surface area contributed by atoms with Crippen molar-refractivity contribution in [3.63, 3.8) is 0 Å². The van der Waals surface area contributed by atoms with Gasteiger partial charge in [-0.3, -0.25) is 14.3 Å². The number of hydrogen-bond acceptors (Lipinski definition) is 2. The summed E-state index contributed by atoms with van der Waals surface area (Å²) in [5.74, 6) is -0.265. The van der Waals surface area contributed by atoms with Gasteiger partial charge in [-0.2, -0.15) is 0 Å². The van der Waals surface area contributed by atoms with Crippen molar-refractivity contribution in [3.8, 4) is 5.69 Å². The van der Waals surface area contributed by atoms with Crippen LogP contribution in [0.4, 0.5) is 5.69 Å². The second kappa shape index (κ2) is 7.05. The highest BCUT2D eigenvalue weighted by Gasteiger charge is 2.18. The van der Waals surface area contributed by atoms with Gasteiger partial charge in [-0.25, -0.2) is 4.68 Å². The molecule has 1 N–H and O–H groups in total. The van der Waals surface area contributed by atoms with Gasteiger partial charge < -0.3 is 9.88 Å². The number of nitrogens with one attached hydrogen (secondary N) is 1. The molecule has 0 aliphatic rings. The lowest BCUT2D eigenvalue weighted by atomic mass is 10.2. The topological polar surface area (TPSA) is 61.0 Å². The van der Waals surface area contributed by atoms with E-state index in [0.717, 1.165) is 16.6 Å². The molecule has 0 radical (unpaired) electrons. The van der Waals surface area contributed by atoms with Gasteiger partial charge in [0.25, 0.3) is 5.56 Å². The molecular formula is C21H19ClN4O2. The first-order valence-electron chi connectivity index (χ1n) is 8.84. The fourth-order valence-electron chi connectivity index (χ4n) is 3.35. The van der Waals surface area contributed by atoms with Crippen LogP contribution in [0.5, 0.6) is 0 Å². The van der Waals surface area contributed by atoms with E-state index in [9.17, 15) is 9.59 Å². The molecule has 1 amide bonds. The second-order valence-corrected chi connectivity index (χ2v) is 7.07. The average molecular weight is 395 g/mol. The predicted molar refractivity (Wildman–Crippen MR) is 111 cm³/mol. The Balaban J connectivity index is 1.62. The Hall–Kier alpha value is -3.25. The molecule has 0 unspecified atom stereocenters. The van der Waals surface area contributed by atoms with E-state index in [1.165, 1.54) is 4.68 Å². The summed E-state index contributed by atoms with van der Waals surface area (Å²) in [6.07, 6.45) is 1.83. The van der Waals surface area contributed by atoms with E-state index >= 15 is 0 Å². The summed E-state index contributed by atoms with van der Waals surface area (Å²) >= 11 is 6.02. The SMILES string of the molecule is Cc1c(NC(=O)Cn2ccc3cc(Cl)ccc32)c(=O)n(-c2ccccc2)n1C. The summed E-state index contributed by atoms with van der Waals surface area (Å²) in [4.78, 5) is 25.5. The van der Waals surface area contributed by atoms with Crippen molar-refractivity contribution in [3.05, 3.63) is 81.9 Å². The summed E-state index contributed by atoms with van der Waals surface area (Å²) in [5, 5.41) is 4.39. The largest absolute Gasteiger partial charge is 0.338 e. The minimum atomic E-state index is -0.265. The highest BCUT2D eigenvalue weighted by molar-refractivity contribution is 6.31. The van der Waals surface area contributed by atoms with E-state index in [2.05, 4.69) is 5.32 Å². The molecule has 0 atom stereocenters. The van der Waals surface area contributed by atoms with Crippen LogP contribution in [0.2, 0.25) is 5.02 Å². The lowest BCUT2D eigenvalue weighted by Crippen LogP contribution is -2.24. The summed E-state index contributed by atoms with van der Waals surface area (Å²) in [7, 11) is 1.79. The van der Waals surface area contributed by atoms with Gasteiger partial charge >= 0.3 is 0 Å². The van der Waals surface area contributed by atoms with Crippen LogP contribution >= 0.6 is 11.6 Å². The van der Waals surface area contributed by atoms with E-state index in [1.807, 2.05) is 66.2 Å². The molecule has 2 aromatic carbocycles. The van der Waals surface area contributed by atoms with Crippen LogP contribution in [-0.4, -0.2) is 19.8 Å². The number of rotatable bonds is 4. The molecule has 2 aromatic heterocycles. The second-order valence-electron chi connectivity index (χ2n) is 6.63.